The Morgan fingerprint density at radius 3 is 2.20 bits per heavy atom. The van der Waals surface area contributed by atoms with Gasteiger partial charge in [-0.2, -0.15) is 21.4 Å². The highest BCUT2D eigenvalue weighted by molar-refractivity contribution is 8.03. The number of hydrogen-bond donors (Lipinski definition) is 2. The molecular weight excluding hydrogens is 729 g/mol. The Hall–Kier alpha value is -3.99. The summed E-state index contributed by atoms with van der Waals surface area (Å²) < 4.78 is 70.7. The first-order valence-corrected chi connectivity index (χ1v) is 21.5. The molecule has 51 heavy (non-hydrogen) atoms. The van der Waals surface area contributed by atoms with Crippen LogP contribution in [0.1, 0.15) is 37.6 Å². The first-order chi connectivity index (χ1) is 24.4. The van der Waals surface area contributed by atoms with Crippen molar-refractivity contribution in [3.05, 3.63) is 116 Å². The minimum Gasteiger partial charge on any atom is -0.335 e. The third-order valence-electron chi connectivity index (χ3n) is 8.52. The fourth-order valence-corrected chi connectivity index (χ4v) is 9.54. The summed E-state index contributed by atoms with van der Waals surface area (Å²) in [7, 11) is -8.10. The number of benzene rings is 3. The number of unbranched alkanes of at least 4 members (excludes halogenated alkanes) is 2. The van der Waals surface area contributed by atoms with Crippen molar-refractivity contribution < 1.29 is 30.5 Å². The van der Waals surface area contributed by atoms with Crippen molar-refractivity contribution in [2.24, 2.45) is 0 Å². The summed E-state index contributed by atoms with van der Waals surface area (Å²) in [6.07, 6.45) is 7.48. The lowest BCUT2D eigenvalue weighted by Gasteiger charge is -2.20. The fraction of sp³-hybridized carbons (Fsp3) is 0.278. The Morgan fingerprint density at radius 1 is 0.804 bits per heavy atom. The number of thioether (sulfide) groups is 1. The summed E-state index contributed by atoms with van der Waals surface area (Å²) in [5.74, 6) is -0.605. The molecule has 5 aromatic rings. The summed E-state index contributed by atoms with van der Waals surface area (Å²) >= 11 is 3.16. The van der Waals surface area contributed by atoms with Crippen LogP contribution in [0.2, 0.25) is 0 Å². The van der Waals surface area contributed by atoms with E-state index < -0.39 is 20.2 Å². The van der Waals surface area contributed by atoms with Crippen LogP contribution < -0.4 is 25.9 Å². The molecule has 2 aromatic heterocycles. The van der Waals surface area contributed by atoms with E-state index in [1.807, 2.05) is 109 Å². The Bertz CT molecular complexity index is 2490. The van der Waals surface area contributed by atoms with Gasteiger partial charge in [0.25, 0.3) is 30.8 Å². The second-order valence-electron chi connectivity index (χ2n) is 12.0. The summed E-state index contributed by atoms with van der Waals surface area (Å²) in [5.41, 5.74) is 3.32. The average Bonchev–Trinajstić information content (AvgIpc) is 3.71. The molecule has 0 aliphatic carbocycles. The summed E-state index contributed by atoms with van der Waals surface area (Å²) in [6, 6.07) is 25.6. The molecule has 0 radical (unpaired) electrons. The molecule has 0 saturated heterocycles. The molecule has 0 amide bonds. The van der Waals surface area contributed by atoms with Crippen LogP contribution in [0.5, 0.6) is 0 Å². The average molecular weight is 768 g/mol. The molecule has 6 rings (SSSR count). The number of para-hydroxylation sites is 3. The number of nitrogens with zero attached hydrogens (tertiary/aromatic N) is 4. The van der Waals surface area contributed by atoms with Crippen molar-refractivity contribution in [1.29, 1.82) is 0 Å². The van der Waals surface area contributed by atoms with Gasteiger partial charge in [-0.05, 0) is 68.7 Å². The lowest BCUT2D eigenvalue weighted by molar-refractivity contribution is -0.669. The maximum Gasteiger partial charge on any atom is 0.276 e. The van der Waals surface area contributed by atoms with Crippen molar-refractivity contribution in [3.8, 4) is 5.69 Å². The lowest BCUT2D eigenvalue weighted by atomic mass is 10.2. The molecule has 0 spiro atoms. The Kier molecular flexibility index (Phi) is 11.3. The van der Waals surface area contributed by atoms with Crippen LogP contribution in [0, 0.1) is 0 Å². The van der Waals surface area contributed by atoms with Crippen molar-refractivity contribution in [2.45, 2.75) is 50.6 Å². The van der Waals surface area contributed by atoms with Gasteiger partial charge in [0.15, 0.2) is 6.54 Å². The van der Waals surface area contributed by atoms with Crippen molar-refractivity contribution in [1.82, 2.24) is 9.13 Å². The first-order valence-electron chi connectivity index (χ1n) is 16.6. The molecule has 1 aliphatic rings. The van der Waals surface area contributed by atoms with E-state index in [1.54, 1.807) is 27.7 Å². The zero-order valence-electron chi connectivity index (χ0n) is 28.0. The third kappa shape index (κ3) is 8.73. The van der Waals surface area contributed by atoms with Gasteiger partial charge >= 0.3 is 0 Å². The van der Waals surface area contributed by atoms with E-state index in [0.717, 1.165) is 36.5 Å². The summed E-state index contributed by atoms with van der Waals surface area (Å²) in [5, 5.41) is 2.25. The first kappa shape index (κ1) is 36.8. The molecule has 3 heterocycles. The molecular formula is C36H39N4O7S4+. The second kappa shape index (κ2) is 15.7. The monoisotopic (exact) mass is 767 g/mol. The highest BCUT2D eigenvalue weighted by atomic mass is 32.2. The van der Waals surface area contributed by atoms with Crippen LogP contribution in [0.3, 0.4) is 0 Å². The van der Waals surface area contributed by atoms with Crippen LogP contribution in [0.25, 0.3) is 28.1 Å². The lowest BCUT2D eigenvalue weighted by Crippen LogP contribution is -2.37. The molecule has 3 aromatic carbocycles. The van der Waals surface area contributed by atoms with E-state index in [4.69, 9.17) is 0 Å². The molecule has 268 valence electrons. The topological polar surface area (TPSA) is 143 Å². The molecule has 0 unspecified atom stereocenters. The number of hydrogen-bond acceptors (Lipinski definition) is 8. The molecule has 1 aliphatic heterocycles. The van der Waals surface area contributed by atoms with Gasteiger partial charge in [0, 0.05) is 36.2 Å². The van der Waals surface area contributed by atoms with Gasteiger partial charge in [-0.3, -0.25) is 23.0 Å². The zero-order valence-corrected chi connectivity index (χ0v) is 31.2. The number of imidazole rings is 1. The van der Waals surface area contributed by atoms with Gasteiger partial charge in [0.1, 0.15) is 15.5 Å². The largest absolute Gasteiger partial charge is 0.335 e. The van der Waals surface area contributed by atoms with Crippen molar-refractivity contribution in [2.75, 3.05) is 23.0 Å². The van der Waals surface area contributed by atoms with Gasteiger partial charge in [-0.15, -0.1) is 0 Å². The van der Waals surface area contributed by atoms with Gasteiger partial charge in [-0.25, -0.2) is 0 Å². The molecule has 15 heteroatoms. The Labute approximate surface area is 305 Å². The maximum absolute atomic E-state index is 14.3. The van der Waals surface area contributed by atoms with E-state index >= 15 is 0 Å². The van der Waals surface area contributed by atoms with Crippen molar-refractivity contribution >= 4 is 71.4 Å². The number of allylic oxidation sites excluding steroid dienone is 1. The molecule has 0 bridgehead atoms. The van der Waals surface area contributed by atoms with Gasteiger partial charge in [0.2, 0.25) is 5.52 Å². The quantitative estimate of drug-likeness (QED) is 0.0945. The van der Waals surface area contributed by atoms with Crippen molar-refractivity contribution in [3.63, 3.8) is 0 Å². The van der Waals surface area contributed by atoms with E-state index in [-0.39, 0.29) is 17.1 Å². The van der Waals surface area contributed by atoms with Gasteiger partial charge in [-0.1, -0.05) is 65.6 Å². The minimum absolute atomic E-state index is 0.162. The smallest absolute Gasteiger partial charge is 0.276 e. The minimum atomic E-state index is -4.06. The van der Waals surface area contributed by atoms with Crippen LogP contribution in [0.4, 0.5) is 5.69 Å². The van der Waals surface area contributed by atoms with Gasteiger partial charge in [0.05, 0.1) is 28.3 Å². The van der Waals surface area contributed by atoms with Crippen LogP contribution >= 0.6 is 23.1 Å². The molecule has 0 atom stereocenters. The normalized spacial score (nSPS) is 15.0. The third-order valence-corrected chi connectivity index (χ3v) is 12.4. The van der Waals surface area contributed by atoms with E-state index in [2.05, 4.69) is 9.47 Å². The van der Waals surface area contributed by atoms with E-state index in [0.29, 0.717) is 56.1 Å². The predicted octanol–water partition coefficient (Wildman–Crippen LogP) is 4.56. The highest BCUT2D eigenvalue weighted by Gasteiger charge is 2.25. The molecule has 11 nitrogen and oxygen atoms in total. The Morgan fingerprint density at radius 2 is 1.47 bits per heavy atom. The van der Waals surface area contributed by atoms with E-state index in [9.17, 15) is 30.7 Å². The zero-order chi connectivity index (χ0) is 36.2. The molecule has 0 saturated carbocycles. The maximum atomic E-state index is 14.3. The predicted molar refractivity (Wildman–Crippen MR) is 204 cm³/mol. The summed E-state index contributed by atoms with van der Waals surface area (Å²) in [6.45, 7) is 3.41. The van der Waals surface area contributed by atoms with Gasteiger partial charge < -0.3 is 4.90 Å². The SMILES string of the molecule is CCn1c(=O)c(=CC=C2Sc3ccccc3N2CCCCS(=O)(=O)O)n(-c2ccccc2)c1=Cc1sc2ccccc2[n+]1CCCCS(=O)(=O)O. The second-order valence-corrected chi connectivity index (χ2v) is 17.3. The van der Waals surface area contributed by atoms with Crippen LogP contribution in [-0.4, -0.2) is 53.1 Å². The number of rotatable bonds is 14. The highest BCUT2D eigenvalue weighted by Crippen LogP contribution is 2.45. The molecule has 0 fully saturated rings. The fourth-order valence-electron chi connectivity index (χ4n) is 6.19. The number of aromatic nitrogens is 3. The number of anilines is 1. The summed E-state index contributed by atoms with van der Waals surface area (Å²) in [4.78, 5) is 17.4. The Balaban J connectivity index is 1.48. The molecule has 2 N–H and O–H groups in total. The van der Waals surface area contributed by atoms with Crippen LogP contribution in [-0.2, 0) is 33.3 Å². The van der Waals surface area contributed by atoms with Crippen LogP contribution in [0.15, 0.2) is 99.7 Å². The number of thiazole rings is 1. The standard InChI is InChI=1S/C36H38N4O7S4/c1-2-37-33(26-35-39(23-11-13-25-51(45,46)47)29-17-7-9-19-32(29)49-35)40(27-14-4-3-5-15-27)30(36(37)41)20-21-34-38(22-10-12-24-50(42,43)44)28-16-6-8-18-31(28)48-34/h3-9,14-21,26H,2,10-13,22-25H2,1H3,(H-,42,43,44,45,46,47)/p+1. The number of aryl methyl sites for hydroxylation is 1. The van der Waals surface area contributed by atoms with E-state index in [1.165, 1.54) is 0 Å². The number of fused-ring (bicyclic) bond motifs is 2.